The molecule has 0 spiro atoms. The first-order chi connectivity index (χ1) is 9.72. The molecule has 1 saturated carbocycles. The Morgan fingerprint density at radius 3 is 2.90 bits per heavy atom. The second-order valence-corrected chi connectivity index (χ2v) is 7.43. The topological polar surface area (TPSA) is 15.3 Å². The molecule has 1 aliphatic rings. The van der Waals surface area contributed by atoms with E-state index in [1.54, 1.807) is 0 Å². The average molecular weight is 295 g/mol. The summed E-state index contributed by atoms with van der Waals surface area (Å²) in [7, 11) is 4.41. The van der Waals surface area contributed by atoms with E-state index < -0.39 is 0 Å². The molecule has 2 nitrogen and oxygen atoms in total. The van der Waals surface area contributed by atoms with Crippen LogP contribution in [0.25, 0.3) is 0 Å². The minimum atomic E-state index is 0.717. The van der Waals surface area contributed by atoms with Crippen molar-refractivity contribution in [2.75, 3.05) is 20.6 Å². The normalized spacial score (nSPS) is 27.1. The highest BCUT2D eigenvalue weighted by atomic mass is 32.1. The monoisotopic (exact) mass is 294 g/mol. The van der Waals surface area contributed by atoms with Gasteiger partial charge in [0.1, 0.15) is 0 Å². The molecule has 1 aliphatic carbocycles. The van der Waals surface area contributed by atoms with Gasteiger partial charge < -0.3 is 10.2 Å². The Hall–Kier alpha value is -0.380. The van der Waals surface area contributed by atoms with Crippen molar-refractivity contribution in [3.8, 4) is 0 Å². The van der Waals surface area contributed by atoms with Gasteiger partial charge in [0.05, 0.1) is 0 Å². The fraction of sp³-hybridized carbons (Fsp3) is 0.765. The van der Waals surface area contributed by atoms with Gasteiger partial charge in [-0.15, -0.1) is 11.3 Å². The molecule has 1 fully saturated rings. The van der Waals surface area contributed by atoms with Crippen molar-refractivity contribution in [1.82, 2.24) is 10.2 Å². The van der Waals surface area contributed by atoms with Crippen LogP contribution in [0.1, 0.15) is 43.9 Å². The van der Waals surface area contributed by atoms with E-state index in [1.807, 2.05) is 11.3 Å². The van der Waals surface area contributed by atoms with Crippen LogP contribution in [0.2, 0.25) is 0 Å². The van der Waals surface area contributed by atoms with Crippen LogP contribution in [-0.4, -0.2) is 31.6 Å². The molecule has 0 radical (unpaired) electrons. The maximum absolute atomic E-state index is 3.56. The Bertz CT molecular complexity index is 363. The number of hydrogen-bond donors (Lipinski definition) is 1. The lowest BCUT2D eigenvalue weighted by atomic mass is 9.76. The Kier molecular flexibility index (Phi) is 6.53. The van der Waals surface area contributed by atoms with Crippen LogP contribution in [0.3, 0.4) is 0 Å². The first-order valence-corrected chi connectivity index (χ1v) is 8.99. The minimum Gasteiger partial charge on any atom is -0.317 e. The highest BCUT2D eigenvalue weighted by Crippen LogP contribution is 2.32. The number of nitrogens with one attached hydrogen (secondary N) is 1. The van der Waals surface area contributed by atoms with Crippen molar-refractivity contribution in [2.24, 2.45) is 11.8 Å². The van der Waals surface area contributed by atoms with Gasteiger partial charge in [-0.05, 0) is 56.6 Å². The summed E-state index contributed by atoms with van der Waals surface area (Å²) in [4.78, 5) is 3.99. The van der Waals surface area contributed by atoms with E-state index >= 15 is 0 Å². The Morgan fingerprint density at radius 1 is 1.40 bits per heavy atom. The van der Waals surface area contributed by atoms with Crippen molar-refractivity contribution in [1.29, 1.82) is 0 Å². The molecule has 20 heavy (non-hydrogen) atoms. The first-order valence-electron chi connectivity index (χ1n) is 8.11. The zero-order valence-electron chi connectivity index (χ0n) is 13.3. The minimum absolute atomic E-state index is 0.717. The van der Waals surface area contributed by atoms with E-state index in [4.69, 9.17) is 0 Å². The van der Waals surface area contributed by atoms with Gasteiger partial charge in [0.2, 0.25) is 0 Å². The summed E-state index contributed by atoms with van der Waals surface area (Å²) in [6.45, 7) is 4.65. The number of thiophene rings is 1. The molecule has 1 aromatic rings. The van der Waals surface area contributed by atoms with Gasteiger partial charge in [0.15, 0.2) is 0 Å². The molecular formula is C17H30N2S. The lowest BCUT2D eigenvalue weighted by Gasteiger charge is -2.38. The molecule has 1 aromatic heterocycles. The number of nitrogens with zero attached hydrogens (tertiary/aromatic N) is 1. The summed E-state index contributed by atoms with van der Waals surface area (Å²) < 4.78 is 0. The lowest BCUT2D eigenvalue weighted by Crippen LogP contribution is -2.43. The van der Waals surface area contributed by atoms with Gasteiger partial charge in [-0.25, -0.2) is 0 Å². The van der Waals surface area contributed by atoms with Crippen LogP contribution in [0, 0.1) is 11.8 Å². The molecule has 3 atom stereocenters. The molecule has 0 amide bonds. The highest BCUT2D eigenvalue weighted by Gasteiger charge is 2.29. The molecule has 0 saturated heterocycles. The van der Waals surface area contributed by atoms with Gasteiger partial charge in [0, 0.05) is 24.0 Å². The Labute approximate surface area is 128 Å². The van der Waals surface area contributed by atoms with E-state index in [-0.39, 0.29) is 0 Å². The molecule has 1 heterocycles. The fourth-order valence-corrected chi connectivity index (χ4v) is 4.53. The molecule has 1 N–H and O–H groups in total. The van der Waals surface area contributed by atoms with E-state index in [9.17, 15) is 0 Å². The van der Waals surface area contributed by atoms with E-state index in [0.717, 1.165) is 18.4 Å². The summed E-state index contributed by atoms with van der Waals surface area (Å²) in [5.41, 5.74) is 0. The number of hydrogen-bond acceptors (Lipinski definition) is 3. The third-order valence-electron chi connectivity index (χ3n) is 4.71. The lowest BCUT2D eigenvalue weighted by molar-refractivity contribution is 0.151. The van der Waals surface area contributed by atoms with Crippen molar-refractivity contribution < 1.29 is 0 Å². The van der Waals surface area contributed by atoms with Crippen molar-refractivity contribution in [2.45, 2.75) is 51.6 Å². The molecule has 3 unspecified atom stereocenters. The summed E-state index contributed by atoms with van der Waals surface area (Å²) in [5, 5.41) is 5.73. The average Bonchev–Trinajstić information content (AvgIpc) is 2.92. The van der Waals surface area contributed by atoms with Crippen LogP contribution in [0.15, 0.2) is 17.5 Å². The van der Waals surface area contributed by atoms with Gasteiger partial charge in [-0.1, -0.05) is 25.8 Å². The first kappa shape index (κ1) is 16.0. The van der Waals surface area contributed by atoms with Gasteiger partial charge in [0.25, 0.3) is 0 Å². The SMILES string of the molecule is CCCC1CCC(NC)C(CN(C)Cc2cccs2)C1. The maximum atomic E-state index is 3.56. The van der Waals surface area contributed by atoms with Gasteiger partial charge in [-0.3, -0.25) is 0 Å². The van der Waals surface area contributed by atoms with E-state index in [1.165, 1.54) is 43.5 Å². The predicted octanol–water partition coefficient (Wildman–Crippen LogP) is 3.98. The second kappa shape index (κ2) is 8.16. The molecule has 3 heteroatoms. The van der Waals surface area contributed by atoms with Crippen molar-refractivity contribution >= 4 is 11.3 Å². The summed E-state index contributed by atoms with van der Waals surface area (Å²) >= 11 is 1.87. The molecule has 0 aliphatic heterocycles. The predicted molar refractivity (Wildman–Crippen MR) is 89.2 cm³/mol. The third-order valence-corrected chi connectivity index (χ3v) is 5.57. The van der Waals surface area contributed by atoms with Gasteiger partial charge in [-0.2, -0.15) is 0 Å². The highest BCUT2D eigenvalue weighted by molar-refractivity contribution is 7.09. The maximum Gasteiger partial charge on any atom is 0.0324 e. The zero-order valence-corrected chi connectivity index (χ0v) is 14.1. The van der Waals surface area contributed by atoms with Crippen molar-refractivity contribution in [3.05, 3.63) is 22.4 Å². The summed E-state index contributed by atoms with van der Waals surface area (Å²) in [6.07, 6.45) is 6.95. The van der Waals surface area contributed by atoms with Gasteiger partial charge >= 0.3 is 0 Å². The standard InChI is InChI=1S/C17H30N2S/c1-4-6-14-8-9-17(18-2)15(11-14)12-19(3)13-16-7-5-10-20-16/h5,7,10,14-15,17-18H,4,6,8-9,11-13H2,1-3H3. The molecule has 0 bridgehead atoms. The third kappa shape index (κ3) is 4.57. The summed E-state index contributed by atoms with van der Waals surface area (Å²) in [5.74, 6) is 1.78. The second-order valence-electron chi connectivity index (χ2n) is 6.40. The fourth-order valence-electron chi connectivity index (χ4n) is 3.75. The van der Waals surface area contributed by atoms with E-state index in [0.29, 0.717) is 6.04 Å². The quantitative estimate of drug-likeness (QED) is 0.818. The Morgan fingerprint density at radius 2 is 2.25 bits per heavy atom. The van der Waals surface area contributed by atoms with Crippen LogP contribution < -0.4 is 5.32 Å². The van der Waals surface area contributed by atoms with Crippen molar-refractivity contribution in [3.63, 3.8) is 0 Å². The smallest absolute Gasteiger partial charge is 0.0324 e. The molecule has 0 aromatic carbocycles. The summed E-state index contributed by atoms with van der Waals surface area (Å²) in [6, 6.07) is 5.12. The van der Waals surface area contributed by atoms with Crippen LogP contribution >= 0.6 is 11.3 Å². The largest absolute Gasteiger partial charge is 0.317 e. The molecular weight excluding hydrogens is 264 g/mol. The molecule has 2 rings (SSSR count). The zero-order chi connectivity index (χ0) is 14.4. The van der Waals surface area contributed by atoms with Crippen LogP contribution in [0.4, 0.5) is 0 Å². The van der Waals surface area contributed by atoms with E-state index in [2.05, 4.69) is 48.7 Å². The Balaban J connectivity index is 1.86. The van der Waals surface area contributed by atoms with Crippen LogP contribution in [-0.2, 0) is 6.54 Å². The van der Waals surface area contributed by atoms with Crippen LogP contribution in [0.5, 0.6) is 0 Å². The number of rotatable bonds is 7. The molecule has 114 valence electrons.